The Bertz CT molecular complexity index is 609. The average molecular weight is 256 g/mol. The van der Waals surface area contributed by atoms with Crippen molar-refractivity contribution < 1.29 is 4.92 Å². The Morgan fingerprint density at radius 2 is 1.84 bits per heavy atom. The predicted octanol–water partition coefficient (Wildman–Crippen LogP) is 3.82. The summed E-state index contributed by atoms with van der Waals surface area (Å²) in [7, 11) is 0. The fourth-order valence-electron chi connectivity index (χ4n) is 1.98. The molecule has 0 aliphatic carbocycles. The zero-order valence-electron chi connectivity index (χ0n) is 11.0. The summed E-state index contributed by atoms with van der Waals surface area (Å²) in [5.74, 6) is 0. The van der Waals surface area contributed by atoms with Crippen LogP contribution in [-0.2, 0) is 6.54 Å². The van der Waals surface area contributed by atoms with Crippen LogP contribution < -0.4 is 5.32 Å². The lowest BCUT2D eigenvalue weighted by Gasteiger charge is -2.11. The van der Waals surface area contributed by atoms with Crippen LogP contribution in [0.3, 0.4) is 0 Å². The fourth-order valence-corrected chi connectivity index (χ4v) is 1.98. The number of anilines is 1. The van der Waals surface area contributed by atoms with Gasteiger partial charge >= 0.3 is 0 Å². The molecule has 4 heteroatoms. The first-order valence-corrected chi connectivity index (χ1v) is 6.12. The van der Waals surface area contributed by atoms with Crippen molar-refractivity contribution in [3.8, 4) is 0 Å². The van der Waals surface area contributed by atoms with Crippen LogP contribution in [-0.4, -0.2) is 4.92 Å². The van der Waals surface area contributed by atoms with E-state index in [0.717, 1.165) is 5.56 Å². The van der Waals surface area contributed by atoms with E-state index >= 15 is 0 Å². The van der Waals surface area contributed by atoms with Crippen molar-refractivity contribution >= 4 is 11.4 Å². The van der Waals surface area contributed by atoms with Crippen molar-refractivity contribution in [3.63, 3.8) is 0 Å². The highest BCUT2D eigenvalue weighted by molar-refractivity contribution is 5.61. The molecule has 0 fully saturated rings. The Kier molecular flexibility index (Phi) is 3.80. The lowest BCUT2D eigenvalue weighted by Crippen LogP contribution is -2.04. The lowest BCUT2D eigenvalue weighted by atomic mass is 10.0. The molecule has 0 radical (unpaired) electrons. The number of rotatable bonds is 4. The number of nitro benzene ring substituents is 1. The number of aryl methyl sites for hydroxylation is 1. The van der Waals surface area contributed by atoms with Crippen LogP contribution >= 0.6 is 0 Å². The quantitative estimate of drug-likeness (QED) is 0.668. The minimum absolute atomic E-state index is 0.104. The summed E-state index contributed by atoms with van der Waals surface area (Å²) in [6, 6.07) is 12.8. The van der Waals surface area contributed by atoms with Gasteiger partial charge in [0.25, 0.3) is 5.69 Å². The highest BCUT2D eigenvalue weighted by Gasteiger charge is 2.12. The molecule has 0 heterocycles. The number of hydrogen-bond acceptors (Lipinski definition) is 3. The highest BCUT2D eigenvalue weighted by Crippen LogP contribution is 2.24. The van der Waals surface area contributed by atoms with Gasteiger partial charge in [-0.3, -0.25) is 10.1 Å². The maximum absolute atomic E-state index is 10.9. The molecule has 0 bridgehead atoms. The van der Waals surface area contributed by atoms with Gasteiger partial charge in [-0.2, -0.15) is 0 Å². The van der Waals surface area contributed by atoms with Crippen molar-refractivity contribution in [3.05, 3.63) is 69.3 Å². The van der Waals surface area contributed by atoms with E-state index in [-0.39, 0.29) is 10.6 Å². The maximum Gasteiger partial charge on any atom is 0.292 e. The maximum atomic E-state index is 10.9. The van der Waals surface area contributed by atoms with Crippen molar-refractivity contribution in [2.45, 2.75) is 20.4 Å². The molecule has 19 heavy (non-hydrogen) atoms. The van der Waals surface area contributed by atoms with Crippen LogP contribution in [0.1, 0.15) is 16.7 Å². The fraction of sp³-hybridized carbons (Fsp3) is 0.200. The molecule has 0 amide bonds. The molecular weight excluding hydrogens is 240 g/mol. The van der Waals surface area contributed by atoms with E-state index in [4.69, 9.17) is 0 Å². The summed E-state index contributed by atoms with van der Waals surface area (Å²) < 4.78 is 0. The van der Waals surface area contributed by atoms with Gasteiger partial charge in [0, 0.05) is 12.6 Å². The Balaban J connectivity index is 2.19. The second kappa shape index (κ2) is 5.52. The van der Waals surface area contributed by atoms with Gasteiger partial charge in [0.2, 0.25) is 0 Å². The number of hydrogen-bond donors (Lipinski definition) is 1. The first-order chi connectivity index (χ1) is 9.09. The zero-order chi connectivity index (χ0) is 13.8. The Morgan fingerprint density at radius 1 is 1.11 bits per heavy atom. The standard InChI is InChI=1S/C15H16N2O2/c1-11-6-5-7-13(12(11)2)10-16-14-8-3-4-9-15(14)17(18)19/h3-9,16H,10H2,1-2H3. The van der Waals surface area contributed by atoms with Crippen LogP contribution in [0, 0.1) is 24.0 Å². The minimum atomic E-state index is -0.370. The normalized spacial score (nSPS) is 10.2. The molecule has 0 aromatic heterocycles. The molecule has 0 unspecified atom stereocenters. The first-order valence-electron chi connectivity index (χ1n) is 6.12. The third-order valence-corrected chi connectivity index (χ3v) is 3.29. The topological polar surface area (TPSA) is 55.2 Å². The van der Waals surface area contributed by atoms with Crippen LogP contribution in [0.15, 0.2) is 42.5 Å². The molecule has 0 saturated heterocycles. The Hall–Kier alpha value is -2.36. The molecule has 2 rings (SSSR count). The Labute approximate surface area is 112 Å². The molecule has 0 spiro atoms. The van der Waals surface area contributed by atoms with Crippen molar-refractivity contribution in [2.75, 3.05) is 5.32 Å². The molecule has 0 aliphatic rings. The number of nitro groups is 1. The van der Waals surface area contributed by atoms with Gasteiger partial charge in [-0.15, -0.1) is 0 Å². The second-order valence-corrected chi connectivity index (χ2v) is 4.49. The molecule has 0 atom stereocenters. The van der Waals surface area contributed by atoms with Gasteiger partial charge in [0.05, 0.1) is 4.92 Å². The van der Waals surface area contributed by atoms with Gasteiger partial charge in [-0.05, 0) is 36.6 Å². The van der Waals surface area contributed by atoms with Crippen molar-refractivity contribution in [1.29, 1.82) is 0 Å². The molecule has 0 saturated carbocycles. The smallest absolute Gasteiger partial charge is 0.292 e. The summed E-state index contributed by atoms with van der Waals surface area (Å²) >= 11 is 0. The number of nitrogens with zero attached hydrogens (tertiary/aromatic N) is 1. The summed E-state index contributed by atoms with van der Waals surface area (Å²) in [4.78, 5) is 10.6. The van der Waals surface area contributed by atoms with Crippen LogP contribution in [0.5, 0.6) is 0 Å². The predicted molar refractivity (Wildman–Crippen MR) is 76.3 cm³/mol. The van der Waals surface area contributed by atoms with Crippen molar-refractivity contribution in [2.24, 2.45) is 0 Å². The van der Waals surface area contributed by atoms with E-state index in [1.54, 1.807) is 18.2 Å². The van der Waals surface area contributed by atoms with Gasteiger partial charge in [0.1, 0.15) is 5.69 Å². The van der Waals surface area contributed by atoms with E-state index in [0.29, 0.717) is 12.2 Å². The third kappa shape index (κ3) is 2.91. The first kappa shape index (κ1) is 13.1. The largest absolute Gasteiger partial charge is 0.375 e. The van der Waals surface area contributed by atoms with E-state index < -0.39 is 0 Å². The zero-order valence-corrected chi connectivity index (χ0v) is 11.0. The summed E-state index contributed by atoms with van der Waals surface area (Å²) in [5, 5.41) is 14.1. The van der Waals surface area contributed by atoms with E-state index in [2.05, 4.69) is 25.2 Å². The molecule has 0 aliphatic heterocycles. The number of benzene rings is 2. The number of nitrogens with one attached hydrogen (secondary N) is 1. The van der Waals surface area contributed by atoms with E-state index in [1.165, 1.54) is 17.2 Å². The van der Waals surface area contributed by atoms with Gasteiger partial charge < -0.3 is 5.32 Å². The van der Waals surface area contributed by atoms with E-state index in [9.17, 15) is 10.1 Å². The van der Waals surface area contributed by atoms with Crippen LogP contribution in [0.25, 0.3) is 0 Å². The second-order valence-electron chi connectivity index (χ2n) is 4.49. The summed E-state index contributed by atoms with van der Waals surface area (Å²) in [6.07, 6.45) is 0. The third-order valence-electron chi connectivity index (χ3n) is 3.29. The molecular formula is C15H16N2O2. The average Bonchev–Trinajstić information content (AvgIpc) is 2.40. The molecule has 2 aromatic rings. The minimum Gasteiger partial charge on any atom is -0.375 e. The van der Waals surface area contributed by atoms with Gasteiger partial charge in [0.15, 0.2) is 0 Å². The van der Waals surface area contributed by atoms with Crippen LogP contribution in [0.4, 0.5) is 11.4 Å². The van der Waals surface area contributed by atoms with Gasteiger partial charge in [-0.25, -0.2) is 0 Å². The monoisotopic (exact) mass is 256 g/mol. The summed E-state index contributed by atoms with van der Waals surface area (Å²) in [6.45, 7) is 4.70. The molecule has 1 N–H and O–H groups in total. The molecule has 2 aromatic carbocycles. The van der Waals surface area contributed by atoms with Crippen LogP contribution in [0.2, 0.25) is 0 Å². The lowest BCUT2D eigenvalue weighted by molar-refractivity contribution is -0.384. The SMILES string of the molecule is Cc1cccc(CNc2ccccc2[N+](=O)[O-])c1C. The number of para-hydroxylation sites is 2. The van der Waals surface area contributed by atoms with E-state index in [1.807, 2.05) is 12.1 Å². The van der Waals surface area contributed by atoms with Crippen molar-refractivity contribution in [1.82, 2.24) is 0 Å². The molecule has 98 valence electrons. The van der Waals surface area contributed by atoms with Gasteiger partial charge in [-0.1, -0.05) is 30.3 Å². The highest BCUT2D eigenvalue weighted by atomic mass is 16.6. The Morgan fingerprint density at radius 3 is 2.58 bits per heavy atom. The summed E-state index contributed by atoms with van der Waals surface area (Å²) in [5.41, 5.74) is 4.25. The molecule has 4 nitrogen and oxygen atoms in total.